The Kier molecular flexibility index (Phi) is 5.05. The first-order valence-electron chi connectivity index (χ1n) is 7.31. The summed E-state index contributed by atoms with van der Waals surface area (Å²) in [4.78, 5) is 0.306. The standard InChI is InChI=1S/C15H24N2O2S/c1-12-4-3-5-13(7-6-12)17-14-8-10-15(11-9-14)20(18,19)16-2/h8-13,16-17H,3-7H2,1-2H3. The molecule has 1 aliphatic carbocycles. The van der Waals surface area contributed by atoms with E-state index in [4.69, 9.17) is 0 Å². The van der Waals surface area contributed by atoms with Crippen LogP contribution in [0.25, 0.3) is 0 Å². The van der Waals surface area contributed by atoms with E-state index in [-0.39, 0.29) is 0 Å². The Morgan fingerprint density at radius 1 is 1.05 bits per heavy atom. The molecule has 1 aromatic rings. The van der Waals surface area contributed by atoms with Crippen molar-refractivity contribution in [3.8, 4) is 0 Å². The Hall–Kier alpha value is -1.07. The molecule has 2 rings (SSSR count). The summed E-state index contributed by atoms with van der Waals surface area (Å²) in [5.74, 6) is 0.824. The Bertz CT molecular complexity index is 525. The maximum atomic E-state index is 11.7. The van der Waals surface area contributed by atoms with E-state index in [2.05, 4.69) is 17.0 Å². The van der Waals surface area contributed by atoms with Gasteiger partial charge in [0.15, 0.2) is 0 Å². The molecule has 0 radical (unpaired) electrons. The van der Waals surface area contributed by atoms with E-state index in [1.807, 2.05) is 12.1 Å². The van der Waals surface area contributed by atoms with E-state index >= 15 is 0 Å². The second-order valence-electron chi connectivity index (χ2n) is 5.69. The normalized spacial score (nSPS) is 24.1. The van der Waals surface area contributed by atoms with Gasteiger partial charge >= 0.3 is 0 Å². The highest BCUT2D eigenvalue weighted by Gasteiger charge is 2.16. The zero-order chi connectivity index (χ0) is 14.6. The molecule has 0 spiro atoms. The van der Waals surface area contributed by atoms with Crippen molar-refractivity contribution in [2.24, 2.45) is 5.92 Å². The lowest BCUT2D eigenvalue weighted by molar-refractivity contribution is 0.502. The van der Waals surface area contributed by atoms with Crippen LogP contribution >= 0.6 is 0 Å². The average Bonchev–Trinajstić information content (AvgIpc) is 2.64. The number of hydrogen-bond donors (Lipinski definition) is 2. The Balaban J connectivity index is 2.00. The van der Waals surface area contributed by atoms with Crippen molar-refractivity contribution in [3.05, 3.63) is 24.3 Å². The minimum absolute atomic E-state index is 0.306. The summed E-state index contributed by atoms with van der Waals surface area (Å²) >= 11 is 0. The summed E-state index contributed by atoms with van der Waals surface area (Å²) in [6.07, 6.45) is 6.24. The van der Waals surface area contributed by atoms with Crippen LogP contribution in [0.3, 0.4) is 0 Å². The number of rotatable bonds is 4. The van der Waals surface area contributed by atoms with Gasteiger partial charge in [-0.25, -0.2) is 13.1 Å². The first-order valence-corrected chi connectivity index (χ1v) is 8.80. The molecule has 0 aliphatic heterocycles. The lowest BCUT2D eigenvalue weighted by atomic mass is 10.0. The average molecular weight is 296 g/mol. The van der Waals surface area contributed by atoms with Crippen molar-refractivity contribution < 1.29 is 8.42 Å². The van der Waals surface area contributed by atoms with Crippen LogP contribution < -0.4 is 10.0 Å². The lowest BCUT2D eigenvalue weighted by Gasteiger charge is -2.18. The van der Waals surface area contributed by atoms with E-state index in [9.17, 15) is 8.42 Å². The predicted octanol–water partition coefficient (Wildman–Crippen LogP) is 2.98. The van der Waals surface area contributed by atoms with Gasteiger partial charge in [-0.1, -0.05) is 19.8 Å². The van der Waals surface area contributed by atoms with Crippen LogP contribution in [0.5, 0.6) is 0 Å². The van der Waals surface area contributed by atoms with Gasteiger partial charge in [0.25, 0.3) is 0 Å². The fourth-order valence-electron chi connectivity index (χ4n) is 2.72. The van der Waals surface area contributed by atoms with Crippen LogP contribution in [0.1, 0.15) is 39.0 Å². The lowest BCUT2D eigenvalue weighted by Crippen LogP contribution is -2.20. The molecule has 4 nitrogen and oxygen atoms in total. The van der Waals surface area contributed by atoms with Gasteiger partial charge < -0.3 is 5.32 Å². The molecule has 0 amide bonds. The summed E-state index contributed by atoms with van der Waals surface area (Å²) in [5, 5.41) is 3.52. The minimum atomic E-state index is -3.34. The van der Waals surface area contributed by atoms with Gasteiger partial charge in [0.05, 0.1) is 4.90 Å². The number of anilines is 1. The van der Waals surface area contributed by atoms with Crippen LogP contribution in [-0.4, -0.2) is 21.5 Å². The van der Waals surface area contributed by atoms with Crippen molar-refractivity contribution in [1.29, 1.82) is 0 Å². The Morgan fingerprint density at radius 2 is 1.75 bits per heavy atom. The number of benzene rings is 1. The summed E-state index contributed by atoms with van der Waals surface area (Å²) in [5.41, 5.74) is 1.000. The van der Waals surface area contributed by atoms with Gasteiger partial charge in [0.1, 0.15) is 0 Å². The maximum Gasteiger partial charge on any atom is 0.240 e. The molecule has 0 bridgehead atoms. The topological polar surface area (TPSA) is 58.2 Å². The van der Waals surface area contributed by atoms with E-state index < -0.39 is 10.0 Å². The van der Waals surface area contributed by atoms with Crippen molar-refractivity contribution in [2.45, 2.75) is 50.0 Å². The molecule has 5 heteroatoms. The SMILES string of the molecule is CNS(=O)(=O)c1ccc(NC2CCCC(C)CC2)cc1. The second-order valence-corrected chi connectivity index (χ2v) is 7.57. The summed E-state index contributed by atoms with van der Waals surface area (Å²) in [7, 11) is -1.91. The van der Waals surface area contributed by atoms with Crippen molar-refractivity contribution >= 4 is 15.7 Å². The molecule has 0 heterocycles. The first-order chi connectivity index (χ1) is 9.51. The third kappa shape index (κ3) is 3.96. The number of nitrogens with one attached hydrogen (secondary N) is 2. The summed E-state index contributed by atoms with van der Waals surface area (Å²) < 4.78 is 25.6. The van der Waals surface area contributed by atoms with Crippen molar-refractivity contribution in [2.75, 3.05) is 12.4 Å². The van der Waals surface area contributed by atoms with E-state index in [1.165, 1.54) is 39.2 Å². The third-order valence-corrected chi connectivity index (χ3v) is 5.49. The van der Waals surface area contributed by atoms with Crippen LogP contribution in [0.2, 0.25) is 0 Å². The third-order valence-electron chi connectivity index (χ3n) is 4.06. The van der Waals surface area contributed by atoms with E-state index in [1.54, 1.807) is 12.1 Å². The molecular formula is C15H24N2O2S. The molecule has 2 unspecified atom stereocenters. The summed E-state index contributed by atoms with van der Waals surface area (Å²) in [6, 6.07) is 7.49. The van der Waals surface area contributed by atoms with E-state index in [0.717, 1.165) is 11.6 Å². The Labute approximate surface area is 122 Å². The molecule has 2 atom stereocenters. The molecule has 20 heavy (non-hydrogen) atoms. The minimum Gasteiger partial charge on any atom is -0.382 e. The Morgan fingerprint density at radius 3 is 2.40 bits per heavy atom. The highest BCUT2D eigenvalue weighted by molar-refractivity contribution is 7.89. The largest absolute Gasteiger partial charge is 0.382 e. The zero-order valence-corrected chi connectivity index (χ0v) is 13.0. The molecule has 2 N–H and O–H groups in total. The smallest absolute Gasteiger partial charge is 0.240 e. The van der Waals surface area contributed by atoms with Gasteiger partial charge in [0, 0.05) is 11.7 Å². The quantitative estimate of drug-likeness (QED) is 0.840. The van der Waals surface area contributed by atoms with Gasteiger partial charge in [-0.05, 0) is 56.5 Å². The molecule has 0 aromatic heterocycles. The van der Waals surface area contributed by atoms with Gasteiger partial charge in [-0.2, -0.15) is 0 Å². The second kappa shape index (κ2) is 6.59. The highest BCUT2D eigenvalue weighted by Crippen LogP contribution is 2.25. The maximum absolute atomic E-state index is 11.7. The van der Waals surface area contributed by atoms with Crippen molar-refractivity contribution in [1.82, 2.24) is 4.72 Å². The predicted molar refractivity (Wildman–Crippen MR) is 82.3 cm³/mol. The van der Waals surface area contributed by atoms with Crippen LogP contribution in [0, 0.1) is 5.92 Å². The molecule has 1 aliphatic rings. The fourth-order valence-corrected chi connectivity index (χ4v) is 3.45. The molecular weight excluding hydrogens is 272 g/mol. The molecule has 0 saturated heterocycles. The molecule has 1 fully saturated rings. The zero-order valence-electron chi connectivity index (χ0n) is 12.2. The monoisotopic (exact) mass is 296 g/mol. The molecule has 1 aromatic carbocycles. The van der Waals surface area contributed by atoms with E-state index in [0.29, 0.717) is 10.9 Å². The fraction of sp³-hybridized carbons (Fsp3) is 0.600. The molecule has 1 saturated carbocycles. The number of hydrogen-bond acceptors (Lipinski definition) is 3. The van der Waals surface area contributed by atoms with Gasteiger partial charge in [0.2, 0.25) is 10.0 Å². The summed E-state index contributed by atoms with van der Waals surface area (Å²) in [6.45, 7) is 2.32. The van der Waals surface area contributed by atoms with Crippen molar-refractivity contribution in [3.63, 3.8) is 0 Å². The van der Waals surface area contributed by atoms with Crippen LogP contribution in [-0.2, 0) is 10.0 Å². The first kappa shape index (κ1) is 15.3. The van der Waals surface area contributed by atoms with Crippen LogP contribution in [0.15, 0.2) is 29.2 Å². The number of sulfonamides is 1. The van der Waals surface area contributed by atoms with Crippen LogP contribution in [0.4, 0.5) is 5.69 Å². The van der Waals surface area contributed by atoms with Gasteiger partial charge in [-0.15, -0.1) is 0 Å². The molecule has 112 valence electrons. The van der Waals surface area contributed by atoms with Gasteiger partial charge in [-0.3, -0.25) is 0 Å². The highest BCUT2D eigenvalue weighted by atomic mass is 32.2.